The summed E-state index contributed by atoms with van der Waals surface area (Å²) in [5.41, 5.74) is 1.71. The molecule has 0 heterocycles. The molecule has 0 aliphatic heterocycles. The van der Waals surface area contributed by atoms with Crippen LogP contribution < -0.4 is 9.46 Å². The maximum atomic E-state index is 13.0. The summed E-state index contributed by atoms with van der Waals surface area (Å²) in [6, 6.07) is 23.3. The Labute approximate surface area is 162 Å². The zero-order valence-electron chi connectivity index (χ0n) is 14.8. The molecule has 0 aliphatic rings. The van der Waals surface area contributed by atoms with Gasteiger partial charge >= 0.3 is 6.61 Å². The lowest BCUT2D eigenvalue weighted by molar-refractivity contribution is -0.0517. The summed E-state index contributed by atoms with van der Waals surface area (Å²) < 4.78 is 58.3. The van der Waals surface area contributed by atoms with Crippen molar-refractivity contribution >= 4 is 10.0 Å². The van der Waals surface area contributed by atoms with Crippen LogP contribution in [-0.4, -0.2) is 15.0 Å². The highest BCUT2D eigenvalue weighted by molar-refractivity contribution is 7.89. The lowest BCUT2D eigenvalue weighted by Gasteiger charge is -2.20. The number of halogens is 2. The first-order valence-electron chi connectivity index (χ1n) is 8.61. The van der Waals surface area contributed by atoms with E-state index in [0.717, 1.165) is 11.1 Å². The summed E-state index contributed by atoms with van der Waals surface area (Å²) in [6.45, 7) is -3.12. The number of sulfonamides is 1. The molecule has 1 atom stereocenters. The van der Waals surface area contributed by atoms with Crippen molar-refractivity contribution in [3.05, 3.63) is 96.1 Å². The highest BCUT2D eigenvalue weighted by Gasteiger charge is 2.25. The predicted octanol–water partition coefficient (Wildman–Crippen LogP) is 4.55. The summed E-state index contributed by atoms with van der Waals surface area (Å²) in [5.74, 6) is -0.392. The second kappa shape index (κ2) is 8.95. The number of rotatable bonds is 8. The van der Waals surface area contributed by atoms with E-state index in [1.807, 2.05) is 60.7 Å². The summed E-state index contributed by atoms with van der Waals surface area (Å²) in [4.78, 5) is -0.329. The molecule has 3 aromatic carbocycles. The van der Waals surface area contributed by atoms with Crippen molar-refractivity contribution in [1.29, 1.82) is 0 Å². The van der Waals surface area contributed by atoms with Crippen LogP contribution in [0.25, 0.3) is 0 Å². The van der Waals surface area contributed by atoms with Gasteiger partial charge in [-0.1, -0.05) is 72.8 Å². The molecule has 3 aromatic rings. The molecule has 1 N–H and O–H groups in total. The molecular weight excluding hydrogens is 384 g/mol. The highest BCUT2D eigenvalue weighted by Crippen LogP contribution is 2.28. The number of hydrogen-bond acceptors (Lipinski definition) is 3. The van der Waals surface area contributed by atoms with E-state index in [4.69, 9.17) is 0 Å². The van der Waals surface area contributed by atoms with E-state index in [0.29, 0.717) is 6.42 Å². The van der Waals surface area contributed by atoms with Crippen molar-refractivity contribution in [3.8, 4) is 5.75 Å². The van der Waals surface area contributed by atoms with Crippen LogP contribution in [0.1, 0.15) is 17.2 Å². The van der Waals surface area contributed by atoms with Crippen LogP contribution in [0.4, 0.5) is 8.78 Å². The van der Waals surface area contributed by atoms with Crippen molar-refractivity contribution in [2.75, 3.05) is 0 Å². The maximum Gasteiger partial charge on any atom is 0.387 e. The van der Waals surface area contributed by atoms with E-state index < -0.39 is 28.4 Å². The summed E-state index contributed by atoms with van der Waals surface area (Å²) in [5, 5.41) is 0. The molecule has 1 unspecified atom stereocenters. The average Bonchev–Trinajstić information content (AvgIpc) is 2.69. The van der Waals surface area contributed by atoms with Crippen LogP contribution in [0.5, 0.6) is 5.75 Å². The Bertz CT molecular complexity index is 996. The van der Waals surface area contributed by atoms with Crippen LogP contribution in [0.2, 0.25) is 0 Å². The van der Waals surface area contributed by atoms with Crippen LogP contribution in [0.3, 0.4) is 0 Å². The molecule has 0 bridgehead atoms. The molecule has 7 heteroatoms. The highest BCUT2D eigenvalue weighted by atomic mass is 32.2. The average molecular weight is 403 g/mol. The van der Waals surface area contributed by atoms with Gasteiger partial charge in [-0.05, 0) is 29.7 Å². The number of para-hydroxylation sites is 1. The largest absolute Gasteiger partial charge is 0.433 e. The van der Waals surface area contributed by atoms with Gasteiger partial charge in [0.15, 0.2) is 0 Å². The second-order valence-electron chi connectivity index (χ2n) is 6.10. The normalized spacial score (nSPS) is 12.7. The molecule has 3 rings (SSSR count). The number of hydrogen-bond donors (Lipinski definition) is 1. The minimum Gasteiger partial charge on any atom is -0.433 e. The second-order valence-corrected chi connectivity index (χ2v) is 7.78. The molecule has 0 saturated carbocycles. The molecule has 146 valence electrons. The van der Waals surface area contributed by atoms with Gasteiger partial charge in [0.25, 0.3) is 0 Å². The SMILES string of the molecule is O=S(=O)(NC(Cc1ccccc1)c1ccccc1)c1ccccc1OC(F)F. The number of benzene rings is 3. The van der Waals surface area contributed by atoms with Crippen molar-refractivity contribution in [2.24, 2.45) is 0 Å². The zero-order valence-corrected chi connectivity index (χ0v) is 15.7. The molecule has 0 aromatic heterocycles. The van der Waals surface area contributed by atoms with Gasteiger partial charge < -0.3 is 4.74 Å². The molecule has 0 spiro atoms. The van der Waals surface area contributed by atoms with Crippen LogP contribution in [-0.2, 0) is 16.4 Å². The first kappa shape index (κ1) is 20.0. The first-order chi connectivity index (χ1) is 13.5. The molecule has 0 amide bonds. The third-order valence-electron chi connectivity index (χ3n) is 4.14. The molecule has 0 radical (unpaired) electrons. The fourth-order valence-corrected chi connectivity index (χ4v) is 4.24. The van der Waals surface area contributed by atoms with Gasteiger partial charge in [-0.25, -0.2) is 13.1 Å². The lowest BCUT2D eigenvalue weighted by atomic mass is 10.00. The van der Waals surface area contributed by atoms with Gasteiger partial charge in [0.05, 0.1) is 6.04 Å². The van der Waals surface area contributed by atoms with E-state index in [9.17, 15) is 17.2 Å². The van der Waals surface area contributed by atoms with E-state index in [1.54, 1.807) is 0 Å². The van der Waals surface area contributed by atoms with Gasteiger partial charge in [0.1, 0.15) is 10.6 Å². The zero-order chi connectivity index (χ0) is 20.0. The Morgan fingerprint density at radius 3 is 2.04 bits per heavy atom. The third-order valence-corrected chi connectivity index (χ3v) is 5.65. The molecule has 4 nitrogen and oxygen atoms in total. The van der Waals surface area contributed by atoms with E-state index in [-0.39, 0.29) is 4.90 Å². The lowest BCUT2D eigenvalue weighted by Crippen LogP contribution is -2.30. The third kappa shape index (κ3) is 5.15. The van der Waals surface area contributed by atoms with Gasteiger partial charge in [-0.15, -0.1) is 0 Å². The Balaban J connectivity index is 1.94. The van der Waals surface area contributed by atoms with Crippen molar-refractivity contribution in [1.82, 2.24) is 4.72 Å². The minimum atomic E-state index is -4.11. The maximum absolute atomic E-state index is 13.0. The van der Waals surface area contributed by atoms with Crippen LogP contribution in [0, 0.1) is 0 Å². The van der Waals surface area contributed by atoms with E-state index in [1.165, 1.54) is 24.3 Å². The van der Waals surface area contributed by atoms with Gasteiger partial charge in [-0.2, -0.15) is 8.78 Å². The Kier molecular flexibility index (Phi) is 6.38. The summed E-state index contributed by atoms with van der Waals surface area (Å²) in [7, 11) is -4.11. The van der Waals surface area contributed by atoms with Gasteiger partial charge in [0, 0.05) is 0 Å². The Hall–Kier alpha value is -2.77. The fourth-order valence-electron chi connectivity index (χ4n) is 2.88. The minimum absolute atomic E-state index is 0.329. The fraction of sp³-hybridized carbons (Fsp3) is 0.143. The number of nitrogens with one attached hydrogen (secondary N) is 1. The molecule has 0 fully saturated rings. The van der Waals surface area contributed by atoms with Crippen molar-refractivity contribution in [2.45, 2.75) is 24.0 Å². The summed E-state index contributed by atoms with van der Waals surface area (Å²) >= 11 is 0. The van der Waals surface area contributed by atoms with Crippen molar-refractivity contribution in [3.63, 3.8) is 0 Å². The predicted molar refractivity (Wildman–Crippen MR) is 103 cm³/mol. The Morgan fingerprint density at radius 2 is 1.39 bits per heavy atom. The van der Waals surface area contributed by atoms with Crippen molar-refractivity contribution < 1.29 is 21.9 Å². The van der Waals surface area contributed by atoms with Crippen LogP contribution >= 0.6 is 0 Å². The molecule has 28 heavy (non-hydrogen) atoms. The molecular formula is C21H19F2NO3S. The van der Waals surface area contributed by atoms with E-state index >= 15 is 0 Å². The van der Waals surface area contributed by atoms with Crippen LogP contribution in [0.15, 0.2) is 89.8 Å². The molecule has 0 saturated heterocycles. The molecule has 0 aliphatic carbocycles. The number of alkyl halides is 2. The Morgan fingerprint density at radius 1 is 0.821 bits per heavy atom. The standard InChI is InChI=1S/C21H19F2NO3S/c22-21(23)27-19-13-7-8-14-20(19)28(25,26)24-18(17-11-5-2-6-12-17)15-16-9-3-1-4-10-16/h1-14,18,21,24H,15H2. The first-order valence-corrected chi connectivity index (χ1v) is 10.1. The monoisotopic (exact) mass is 403 g/mol. The number of ether oxygens (including phenoxy) is 1. The topological polar surface area (TPSA) is 55.4 Å². The summed E-state index contributed by atoms with van der Waals surface area (Å²) in [6.07, 6.45) is 0.405. The quantitative estimate of drug-likeness (QED) is 0.600. The van der Waals surface area contributed by atoms with E-state index in [2.05, 4.69) is 9.46 Å². The van der Waals surface area contributed by atoms with Gasteiger partial charge in [-0.3, -0.25) is 0 Å². The smallest absolute Gasteiger partial charge is 0.387 e. The van der Waals surface area contributed by atoms with Gasteiger partial charge in [0.2, 0.25) is 10.0 Å².